The van der Waals surface area contributed by atoms with Gasteiger partial charge in [-0.3, -0.25) is 14.5 Å². The number of amides is 1. The van der Waals surface area contributed by atoms with Crippen LogP contribution in [0.25, 0.3) is 5.76 Å². The normalized spacial score (nSPS) is 17.8. The number of hydrogen-bond acceptors (Lipinski definition) is 5. The highest BCUT2D eigenvalue weighted by atomic mass is 35.5. The third-order valence-corrected chi connectivity index (χ3v) is 5.68. The number of Topliss-reactive ketones (excluding diaryl/α,β-unsaturated/α-hetero) is 1. The van der Waals surface area contributed by atoms with Crippen molar-refractivity contribution in [3.63, 3.8) is 0 Å². The van der Waals surface area contributed by atoms with Crippen LogP contribution in [0.2, 0.25) is 10.0 Å². The molecule has 9 heteroatoms. The van der Waals surface area contributed by atoms with E-state index in [0.29, 0.717) is 10.8 Å². The summed E-state index contributed by atoms with van der Waals surface area (Å²) in [6.07, 6.45) is 0. The molecule has 6 nitrogen and oxygen atoms in total. The summed E-state index contributed by atoms with van der Waals surface area (Å²) in [6.45, 7) is 1.70. The highest BCUT2D eigenvalue weighted by Gasteiger charge is 2.48. The van der Waals surface area contributed by atoms with Crippen LogP contribution in [0.3, 0.4) is 0 Å². The molecule has 1 aliphatic heterocycles. The standard InChI is InChI=1S/C23H16Cl2FNO5/c1-11-3-8-17(32-11)20-19(21(28)12-4-6-14(24)18(9-12)31-2)22(29)23(30)27(20)13-5-7-16(26)15(25)10-13/h3-10,20,28H,1-2H3/b21-19-. The fraction of sp³-hybridized carbons (Fsp3) is 0.130. The maximum Gasteiger partial charge on any atom is 0.300 e. The third kappa shape index (κ3) is 3.63. The van der Waals surface area contributed by atoms with Crippen LogP contribution in [0.15, 0.2) is 58.5 Å². The van der Waals surface area contributed by atoms with Gasteiger partial charge in [-0.05, 0) is 55.5 Å². The molecule has 2 heterocycles. The first-order valence-electron chi connectivity index (χ1n) is 9.39. The average molecular weight is 476 g/mol. The number of aliphatic hydroxyl groups excluding tert-OH is 1. The minimum absolute atomic E-state index is 0.172. The molecule has 2 aromatic carbocycles. The van der Waals surface area contributed by atoms with Gasteiger partial charge in [0.1, 0.15) is 34.9 Å². The molecule has 32 heavy (non-hydrogen) atoms. The van der Waals surface area contributed by atoms with Gasteiger partial charge < -0.3 is 14.3 Å². The number of aryl methyl sites for hydroxylation is 1. The van der Waals surface area contributed by atoms with Crippen molar-refractivity contribution in [3.05, 3.63) is 87.1 Å². The zero-order valence-corrected chi connectivity index (χ0v) is 18.4. The van der Waals surface area contributed by atoms with E-state index in [0.717, 1.165) is 11.0 Å². The summed E-state index contributed by atoms with van der Waals surface area (Å²) in [7, 11) is 1.41. The van der Waals surface area contributed by atoms with Crippen molar-refractivity contribution in [1.29, 1.82) is 0 Å². The molecule has 0 aliphatic carbocycles. The van der Waals surface area contributed by atoms with Crippen molar-refractivity contribution in [2.24, 2.45) is 0 Å². The lowest BCUT2D eigenvalue weighted by Gasteiger charge is -2.23. The number of furan rings is 1. The Morgan fingerprint density at radius 1 is 1.09 bits per heavy atom. The number of carbonyl (C=O) groups is 2. The van der Waals surface area contributed by atoms with Gasteiger partial charge in [-0.1, -0.05) is 23.2 Å². The number of ketones is 1. The smallest absolute Gasteiger partial charge is 0.300 e. The monoisotopic (exact) mass is 475 g/mol. The largest absolute Gasteiger partial charge is 0.507 e. The van der Waals surface area contributed by atoms with Crippen LogP contribution in [0.5, 0.6) is 5.75 Å². The number of methoxy groups -OCH3 is 1. The predicted molar refractivity (Wildman–Crippen MR) is 118 cm³/mol. The first-order chi connectivity index (χ1) is 15.2. The Morgan fingerprint density at radius 3 is 2.47 bits per heavy atom. The van der Waals surface area contributed by atoms with E-state index in [9.17, 15) is 19.1 Å². The van der Waals surface area contributed by atoms with E-state index < -0.39 is 29.3 Å². The zero-order valence-electron chi connectivity index (χ0n) is 16.9. The Hall–Kier alpha value is -3.29. The highest BCUT2D eigenvalue weighted by Crippen LogP contribution is 2.43. The first kappa shape index (κ1) is 21.9. The molecular weight excluding hydrogens is 460 g/mol. The van der Waals surface area contributed by atoms with E-state index in [4.69, 9.17) is 32.4 Å². The minimum atomic E-state index is -1.10. The van der Waals surface area contributed by atoms with Crippen molar-refractivity contribution in [2.45, 2.75) is 13.0 Å². The topological polar surface area (TPSA) is 80.0 Å². The Labute approximate surface area is 192 Å². The molecule has 1 unspecified atom stereocenters. The van der Waals surface area contributed by atoms with Crippen LogP contribution < -0.4 is 9.64 Å². The van der Waals surface area contributed by atoms with E-state index in [2.05, 4.69) is 0 Å². The maximum absolute atomic E-state index is 13.7. The molecule has 1 aliphatic rings. The molecule has 3 aromatic rings. The lowest BCUT2D eigenvalue weighted by Crippen LogP contribution is -2.29. The number of halogens is 3. The summed E-state index contributed by atoms with van der Waals surface area (Å²) >= 11 is 12.0. The Morgan fingerprint density at radius 2 is 1.84 bits per heavy atom. The molecule has 0 saturated carbocycles. The average Bonchev–Trinajstić information content (AvgIpc) is 3.31. The van der Waals surface area contributed by atoms with Crippen LogP contribution in [-0.2, 0) is 9.59 Å². The van der Waals surface area contributed by atoms with Gasteiger partial charge in [-0.15, -0.1) is 0 Å². The molecule has 1 amide bonds. The quantitative estimate of drug-likeness (QED) is 0.298. The number of ether oxygens (including phenoxy) is 1. The molecule has 0 spiro atoms. The van der Waals surface area contributed by atoms with Gasteiger partial charge in [0.05, 0.1) is 22.7 Å². The van der Waals surface area contributed by atoms with Crippen LogP contribution in [0.1, 0.15) is 23.1 Å². The van der Waals surface area contributed by atoms with Crippen molar-refractivity contribution in [3.8, 4) is 5.75 Å². The van der Waals surface area contributed by atoms with Crippen molar-refractivity contribution in [2.75, 3.05) is 12.0 Å². The molecule has 1 atom stereocenters. The molecule has 1 aromatic heterocycles. The van der Waals surface area contributed by atoms with Gasteiger partial charge in [0.25, 0.3) is 11.7 Å². The number of carbonyl (C=O) groups excluding carboxylic acids is 2. The molecular formula is C23H16Cl2FNO5. The molecule has 1 fully saturated rings. The molecule has 0 radical (unpaired) electrons. The lowest BCUT2D eigenvalue weighted by atomic mass is 9.99. The number of benzene rings is 2. The number of nitrogens with zero attached hydrogens (tertiary/aromatic N) is 1. The van der Waals surface area contributed by atoms with Gasteiger partial charge in [0.15, 0.2) is 0 Å². The SMILES string of the molecule is COc1cc(/C(O)=C2/C(=O)C(=O)N(c3ccc(F)c(Cl)c3)C2c2ccc(C)o2)ccc1Cl. The summed E-state index contributed by atoms with van der Waals surface area (Å²) < 4.78 is 24.6. The van der Waals surface area contributed by atoms with E-state index in [-0.39, 0.29) is 33.4 Å². The molecule has 0 bridgehead atoms. The lowest BCUT2D eigenvalue weighted by molar-refractivity contribution is -0.132. The van der Waals surface area contributed by atoms with Crippen LogP contribution in [0, 0.1) is 12.7 Å². The minimum Gasteiger partial charge on any atom is -0.507 e. The number of rotatable bonds is 4. The first-order valence-corrected chi connectivity index (χ1v) is 10.1. The molecule has 4 rings (SSSR count). The van der Waals surface area contributed by atoms with E-state index >= 15 is 0 Å². The second-order valence-electron chi connectivity index (χ2n) is 7.07. The van der Waals surface area contributed by atoms with Gasteiger partial charge in [0.2, 0.25) is 0 Å². The van der Waals surface area contributed by atoms with E-state index in [1.54, 1.807) is 19.1 Å². The fourth-order valence-corrected chi connectivity index (χ4v) is 3.94. The zero-order chi connectivity index (χ0) is 23.2. The highest BCUT2D eigenvalue weighted by molar-refractivity contribution is 6.51. The van der Waals surface area contributed by atoms with Gasteiger partial charge in [-0.25, -0.2) is 4.39 Å². The summed E-state index contributed by atoms with van der Waals surface area (Å²) in [4.78, 5) is 27.2. The molecule has 164 valence electrons. The number of anilines is 1. The Kier molecular flexibility index (Phi) is 5.71. The van der Waals surface area contributed by atoms with Crippen LogP contribution >= 0.6 is 23.2 Å². The molecule has 1 saturated heterocycles. The summed E-state index contributed by atoms with van der Waals surface area (Å²) in [5.74, 6) is -1.91. The molecule has 1 N–H and O–H groups in total. The van der Waals surface area contributed by atoms with Gasteiger partial charge >= 0.3 is 0 Å². The Balaban J connectivity index is 1.94. The van der Waals surface area contributed by atoms with Crippen LogP contribution in [-0.4, -0.2) is 23.9 Å². The Bertz CT molecular complexity index is 1280. The fourth-order valence-electron chi connectivity index (χ4n) is 3.57. The van der Waals surface area contributed by atoms with Gasteiger partial charge in [0, 0.05) is 11.3 Å². The predicted octanol–water partition coefficient (Wildman–Crippen LogP) is 5.67. The van der Waals surface area contributed by atoms with Crippen LogP contribution in [0.4, 0.5) is 10.1 Å². The van der Waals surface area contributed by atoms with Gasteiger partial charge in [-0.2, -0.15) is 0 Å². The number of aliphatic hydroxyl groups is 1. The number of hydrogen-bond donors (Lipinski definition) is 1. The van der Waals surface area contributed by atoms with Crippen molar-refractivity contribution < 1.29 is 28.2 Å². The second-order valence-corrected chi connectivity index (χ2v) is 7.88. The van der Waals surface area contributed by atoms with Crippen molar-refractivity contribution in [1.82, 2.24) is 0 Å². The van der Waals surface area contributed by atoms with E-state index in [1.165, 1.54) is 37.4 Å². The van der Waals surface area contributed by atoms with E-state index in [1.807, 2.05) is 0 Å². The summed E-state index contributed by atoms with van der Waals surface area (Å²) in [5.41, 5.74) is 0.189. The third-order valence-electron chi connectivity index (χ3n) is 5.08. The summed E-state index contributed by atoms with van der Waals surface area (Å²) in [6, 6.07) is 10.2. The van der Waals surface area contributed by atoms with Crippen molar-refractivity contribution >= 4 is 46.3 Å². The second kappa shape index (κ2) is 8.33. The summed E-state index contributed by atoms with van der Waals surface area (Å²) in [5, 5.41) is 11.2. The maximum atomic E-state index is 13.7.